The molecule has 0 atom stereocenters. The summed E-state index contributed by atoms with van der Waals surface area (Å²) in [7, 11) is 0. The van der Waals surface area contributed by atoms with E-state index in [4.69, 9.17) is 0 Å². The Hall–Kier alpha value is -1.86. The van der Waals surface area contributed by atoms with Crippen LogP contribution in [0.5, 0.6) is 0 Å². The minimum absolute atomic E-state index is 0.336. The van der Waals surface area contributed by atoms with Crippen LogP contribution < -0.4 is 5.32 Å². The molecule has 5 nitrogen and oxygen atoms in total. The molecule has 0 bridgehead atoms. The van der Waals surface area contributed by atoms with Crippen LogP contribution in [0.25, 0.3) is 0 Å². The minimum atomic E-state index is -0.384. The van der Waals surface area contributed by atoms with Gasteiger partial charge in [0.15, 0.2) is 0 Å². The molecule has 7 heteroatoms. The fraction of sp³-hybridized carbons (Fsp3) is 0.529. The van der Waals surface area contributed by atoms with E-state index < -0.39 is 0 Å². The van der Waals surface area contributed by atoms with Crippen LogP contribution in [-0.2, 0) is 19.6 Å². The van der Waals surface area contributed by atoms with E-state index >= 15 is 0 Å². The van der Waals surface area contributed by atoms with Gasteiger partial charge in [0.25, 0.3) is 0 Å². The Balaban J connectivity index is 1.40. The maximum atomic E-state index is 13.8. The van der Waals surface area contributed by atoms with Crippen molar-refractivity contribution in [3.8, 4) is 0 Å². The molecule has 0 amide bonds. The number of aromatic nitrogens is 3. The molecule has 0 saturated carbocycles. The van der Waals surface area contributed by atoms with Gasteiger partial charge >= 0.3 is 0 Å². The molecule has 4 rings (SSSR count). The van der Waals surface area contributed by atoms with E-state index in [1.54, 1.807) is 0 Å². The number of nitrogens with zero attached hydrogens (tertiary/aromatic N) is 4. The van der Waals surface area contributed by atoms with Gasteiger partial charge in [-0.1, -0.05) is 0 Å². The third-order valence-corrected chi connectivity index (χ3v) is 5.01. The Labute approximate surface area is 139 Å². The predicted octanol–water partition coefficient (Wildman–Crippen LogP) is 2.04. The molecule has 0 unspecified atom stereocenters. The highest BCUT2D eigenvalue weighted by Crippen LogP contribution is 2.28. The van der Waals surface area contributed by atoms with Crippen molar-refractivity contribution in [1.29, 1.82) is 0 Å². The van der Waals surface area contributed by atoms with Gasteiger partial charge in [-0.15, -0.1) is 10.2 Å². The second-order valence-corrected chi connectivity index (χ2v) is 6.59. The Kier molecular flexibility index (Phi) is 4.28. The van der Waals surface area contributed by atoms with Gasteiger partial charge in [-0.2, -0.15) is 0 Å². The van der Waals surface area contributed by atoms with Gasteiger partial charge in [-0.05, 0) is 44.1 Å². The Bertz CT molecular complexity index is 722. The summed E-state index contributed by atoms with van der Waals surface area (Å²) in [5.74, 6) is 1.78. The topological polar surface area (TPSA) is 46.0 Å². The Morgan fingerprint density at radius 2 is 1.96 bits per heavy atom. The highest BCUT2D eigenvalue weighted by Gasteiger charge is 2.27. The van der Waals surface area contributed by atoms with Crippen LogP contribution in [0.3, 0.4) is 0 Å². The summed E-state index contributed by atoms with van der Waals surface area (Å²) in [6.45, 7) is 4.84. The third-order valence-electron chi connectivity index (χ3n) is 5.01. The van der Waals surface area contributed by atoms with E-state index in [-0.39, 0.29) is 11.6 Å². The van der Waals surface area contributed by atoms with E-state index in [0.29, 0.717) is 18.0 Å². The molecule has 128 valence electrons. The number of fused-ring (bicyclic) bond motifs is 1. The maximum Gasteiger partial charge on any atom is 0.147 e. The third kappa shape index (κ3) is 3.06. The summed E-state index contributed by atoms with van der Waals surface area (Å²) in [6, 6.07) is 3.66. The van der Waals surface area contributed by atoms with E-state index in [1.807, 2.05) is 0 Å². The normalized spacial score (nSPS) is 19.4. The number of hydrogen-bond donors (Lipinski definition) is 1. The highest BCUT2D eigenvalue weighted by molar-refractivity contribution is 5.18. The Morgan fingerprint density at radius 1 is 1.12 bits per heavy atom. The number of likely N-dealkylation sites (tertiary alicyclic amines) is 1. The predicted molar refractivity (Wildman–Crippen MR) is 85.3 cm³/mol. The molecule has 2 aliphatic rings. The second-order valence-electron chi connectivity index (χ2n) is 6.59. The molecule has 24 heavy (non-hydrogen) atoms. The summed E-state index contributed by atoms with van der Waals surface area (Å²) in [5.41, 5.74) is 0.430. The summed E-state index contributed by atoms with van der Waals surface area (Å²) >= 11 is 0. The van der Waals surface area contributed by atoms with Gasteiger partial charge in [0.1, 0.15) is 23.3 Å². The van der Waals surface area contributed by atoms with Crippen LogP contribution >= 0.6 is 0 Å². The van der Waals surface area contributed by atoms with Crippen molar-refractivity contribution in [3.05, 3.63) is 47.0 Å². The standard InChI is InChI=1S/C17H21F2N5/c18-14-1-2-15(19)13(9-14)11-23-6-3-12(4-7-23)17-22-21-16-10-20-5-8-24(16)17/h1-2,9,12,20H,3-8,10-11H2. The number of halogens is 2. The number of hydrogen-bond acceptors (Lipinski definition) is 4. The summed E-state index contributed by atoms with van der Waals surface area (Å²) in [4.78, 5) is 2.18. The summed E-state index contributed by atoms with van der Waals surface area (Å²) in [6.07, 6.45) is 1.95. The van der Waals surface area contributed by atoms with Gasteiger partial charge in [0, 0.05) is 31.1 Å². The van der Waals surface area contributed by atoms with E-state index in [9.17, 15) is 8.78 Å². The maximum absolute atomic E-state index is 13.8. The van der Waals surface area contributed by atoms with Crippen molar-refractivity contribution in [2.24, 2.45) is 0 Å². The molecule has 2 aliphatic heterocycles. The molecule has 1 saturated heterocycles. The first-order valence-corrected chi connectivity index (χ1v) is 8.49. The molecule has 1 N–H and O–H groups in total. The molecule has 1 aromatic heterocycles. The first-order chi connectivity index (χ1) is 11.7. The molecular formula is C17H21F2N5. The van der Waals surface area contributed by atoms with Gasteiger partial charge in [0.05, 0.1) is 6.54 Å². The molecule has 0 radical (unpaired) electrons. The quantitative estimate of drug-likeness (QED) is 0.934. The van der Waals surface area contributed by atoms with Crippen molar-refractivity contribution < 1.29 is 8.78 Å². The molecule has 1 fully saturated rings. The van der Waals surface area contributed by atoms with E-state index in [2.05, 4.69) is 25.0 Å². The van der Waals surface area contributed by atoms with Crippen molar-refractivity contribution >= 4 is 0 Å². The van der Waals surface area contributed by atoms with Crippen LogP contribution in [0.4, 0.5) is 8.78 Å². The van der Waals surface area contributed by atoms with E-state index in [1.165, 1.54) is 12.1 Å². The highest BCUT2D eigenvalue weighted by atomic mass is 19.1. The van der Waals surface area contributed by atoms with Crippen molar-refractivity contribution in [3.63, 3.8) is 0 Å². The molecule has 1 aromatic carbocycles. The van der Waals surface area contributed by atoms with Crippen molar-refractivity contribution in [1.82, 2.24) is 25.0 Å². The van der Waals surface area contributed by atoms with Gasteiger partial charge in [-0.3, -0.25) is 4.90 Å². The lowest BCUT2D eigenvalue weighted by Gasteiger charge is -2.32. The first-order valence-electron chi connectivity index (χ1n) is 8.49. The van der Waals surface area contributed by atoms with Crippen molar-refractivity contribution in [2.75, 3.05) is 19.6 Å². The number of piperidine rings is 1. The monoisotopic (exact) mass is 333 g/mol. The van der Waals surface area contributed by atoms with Gasteiger partial charge in [0.2, 0.25) is 0 Å². The zero-order chi connectivity index (χ0) is 16.5. The lowest BCUT2D eigenvalue weighted by Crippen LogP contribution is -2.35. The van der Waals surface area contributed by atoms with Crippen molar-refractivity contribution in [2.45, 2.75) is 38.4 Å². The smallest absolute Gasteiger partial charge is 0.147 e. The lowest BCUT2D eigenvalue weighted by atomic mass is 9.95. The number of rotatable bonds is 3. The zero-order valence-corrected chi connectivity index (χ0v) is 13.5. The summed E-state index contributed by atoms with van der Waals surface area (Å²) < 4.78 is 29.3. The molecule has 3 heterocycles. The van der Waals surface area contributed by atoms with Gasteiger partial charge < -0.3 is 9.88 Å². The Morgan fingerprint density at radius 3 is 2.79 bits per heavy atom. The second kappa shape index (κ2) is 6.57. The van der Waals surface area contributed by atoms with Crippen LogP contribution in [0, 0.1) is 11.6 Å². The van der Waals surface area contributed by atoms with Crippen LogP contribution in [-0.4, -0.2) is 39.3 Å². The van der Waals surface area contributed by atoms with E-state index in [0.717, 1.165) is 63.3 Å². The van der Waals surface area contributed by atoms with Gasteiger partial charge in [-0.25, -0.2) is 8.78 Å². The average molecular weight is 333 g/mol. The number of benzene rings is 1. The fourth-order valence-electron chi connectivity index (χ4n) is 3.67. The number of nitrogens with one attached hydrogen (secondary N) is 1. The molecular weight excluding hydrogens is 312 g/mol. The van der Waals surface area contributed by atoms with Crippen LogP contribution in [0.2, 0.25) is 0 Å². The van der Waals surface area contributed by atoms with Crippen LogP contribution in [0.1, 0.15) is 36.0 Å². The van der Waals surface area contributed by atoms with Crippen LogP contribution in [0.15, 0.2) is 18.2 Å². The zero-order valence-electron chi connectivity index (χ0n) is 13.5. The lowest BCUT2D eigenvalue weighted by molar-refractivity contribution is 0.197. The average Bonchev–Trinajstić information content (AvgIpc) is 3.03. The molecule has 2 aromatic rings. The SMILES string of the molecule is Fc1ccc(F)c(CN2CCC(c3nnc4n3CCNC4)CC2)c1. The first kappa shape index (κ1) is 15.7. The minimum Gasteiger partial charge on any atom is -0.312 e. The largest absolute Gasteiger partial charge is 0.312 e. The summed E-state index contributed by atoms with van der Waals surface area (Å²) in [5, 5.41) is 12.0. The molecule has 0 aliphatic carbocycles. The molecule has 0 spiro atoms. The fourth-order valence-corrected chi connectivity index (χ4v) is 3.67.